The van der Waals surface area contributed by atoms with Crippen molar-refractivity contribution in [1.29, 1.82) is 0 Å². The fourth-order valence-electron chi connectivity index (χ4n) is 5.54. The fourth-order valence-corrected chi connectivity index (χ4v) is 5.54. The van der Waals surface area contributed by atoms with E-state index in [2.05, 4.69) is 26.1 Å². The highest BCUT2D eigenvalue weighted by Crippen LogP contribution is 2.44. The maximum absolute atomic E-state index is 13.2. The van der Waals surface area contributed by atoms with Gasteiger partial charge in [0.2, 0.25) is 0 Å². The first-order chi connectivity index (χ1) is 15.1. The molecule has 2 heterocycles. The first-order valence-electron chi connectivity index (χ1n) is 12.0. The van der Waals surface area contributed by atoms with Gasteiger partial charge in [0, 0.05) is 37.4 Å². The molecule has 0 spiro atoms. The molecule has 1 aromatic heterocycles. The van der Waals surface area contributed by atoms with Gasteiger partial charge < -0.3 is 9.64 Å². The van der Waals surface area contributed by atoms with E-state index < -0.39 is 0 Å². The Bertz CT molecular complexity index is 964. The normalized spacial score (nSPS) is 30.4. The van der Waals surface area contributed by atoms with E-state index in [4.69, 9.17) is 4.74 Å². The second-order valence-corrected chi connectivity index (χ2v) is 10.4. The van der Waals surface area contributed by atoms with E-state index in [0.717, 1.165) is 55.3 Å². The highest BCUT2D eigenvalue weighted by atomic mass is 16.5. The predicted molar refractivity (Wildman–Crippen MR) is 117 cm³/mol. The Morgan fingerprint density at radius 3 is 2.68 bits per heavy atom. The van der Waals surface area contributed by atoms with Gasteiger partial charge in [0.05, 0.1) is 17.8 Å². The van der Waals surface area contributed by atoms with E-state index in [9.17, 15) is 4.79 Å². The zero-order chi connectivity index (χ0) is 20.9. The van der Waals surface area contributed by atoms with Gasteiger partial charge in [-0.2, -0.15) is 0 Å². The van der Waals surface area contributed by atoms with Crippen LogP contribution in [0.5, 0.6) is 0 Å². The molecular weight excluding hydrogens is 388 g/mol. The molecule has 0 radical (unpaired) electrons. The van der Waals surface area contributed by atoms with Gasteiger partial charge in [0.25, 0.3) is 5.91 Å². The summed E-state index contributed by atoms with van der Waals surface area (Å²) in [7, 11) is 0. The zero-order valence-corrected chi connectivity index (χ0v) is 18.3. The van der Waals surface area contributed by atoms with Crippen LogP contribution in [0.1, 0.15) is 72.1 Å². The molecule has 3 aliphatic carbocycles. The van der Waals surface area contributed by atoms with Crippen LogP contribution in [0.25, 0.3) is 0 Å². The number of hydrogen-bond acceptors (Lipinski definition) is 4. The minimum atomic E-state index is 0.168. The number of nitrogens with zero attached hydrogens (tertiary/aromatic N) is 4. The number of ether oxygens (including phenoxy) is 1. The third-order valence-electron chi connectivity index (χ3n) is 7.74. The lowest BCUT2D eigenvalue weighted by molar-refractivity contribution is -0.0375. The van der Waals surface area contributed by atoms with E-state index in [0.29, 0.717) is 17.8 Å². The molecule has 164 valence electrons. The van der Waals surface area contributed by atoms with Gasteiger partial charge in [-0.05, 0) is 75.3 Å². The molecule has 6 nitrogen and oxygen atoms in total. The summed E-state index contributed by atoms with van der Waals surface area (Å²) >= 11 is 0. The molecule has 4 atom stereocenters. The third-order valence-corrected chi connectivity index (χ3v) is 7.74. The van der Waals surface area contributed by atoms with Gasteiger partial charge in [-0.3, -0.25) is 4.79 Å². The van der Waals surface area contributed by atoms with Crippen molar-refractivity contribution in [2.24, 2.45) is 17.8 Å². The molecule has 31 heavy (non-hydrogen) atoms. The summed E-state index contributed by atoms with van der Waals surface area (Å²) in [6.07, 6.45) is 9.46. The van der Waals surface area contributed by atoms with Crippen LogP contribution in [0.15, 0.2) is 30.5 Å². The van der Waals surface area contributed by atoms with Gasteiger partial charge in [0.15, 0.2) is 0 Å². The second kappa shape index (κ2) is 7.73. The number of aryl methyl sites for hydroxylation is 1. The molecular formula is C25H32N4O2. The van der Waals surface area contributed by atoms with E-state index in [1.807, 2.05) is 31.2 Å². The lowest BCUT2D eigenvalue weighted by Gasteiger charge is -2.37. The molecule has 1 amide bonds. The monoisotopic (exact) mass is 420 g/mol. The molecule has 3 saturated carbocycles. The van der Waals surface area contributed by atoms with Crippen LogP contribution >= 0.6 is 0 Å². The summed E-state index contributed by atoms with van der Waals surface area (Å²) in [6, 6.07) is 8.20. The number of likely N-dealkylation sites (tertiary alicyclic amines) is 1. The Hall–Kier alpha value is -2.21. The van der Waals surface area contributed by atoms with E-state index in [1.165, 1.54) is 25.7 Å². The molecule has 0 N–H and O–H groups in total. The van der Waals surface area contributed by atoms with Crippen LogP contribution in [-0.2, 0) is 4.74 Å². The number of carbonyl (C=O) groups excluding carboxylic acids is 1. The van der Waals surface area contributed by atoms with Crippen LogP contribution in [0.2, 0.25) is 0 Å². The number of benzene rings is 1. The van der Waals surface area contributed by atoms with E-state index in [1.54, 1.807) is 0 Å². The van der Waals surface area contributed by atoms with Gasteiger partial charge in [-0.25, -0.2) is 4.68 Å². The van der Waals surface area contributed by atoms with Crippen LogP contribution in [0.4, 0.5) is 0 Å². The van der Waals surface area contributed by atoms with Crippen LogP contribution in [-0.4, -0.2) is 51.6 Å². The lowest BCUT2D eigenvalue weighted by Crippen LogP contribution is -2.38. The number of amides is 1. The molecule has 6 rings (SSSR count). The van der Waals surface area contributed by atoms with Crippen molar-refractivity contribution in [1.82, 2.24) is 19.9 Å². The molecule has 0 bridgehead atoms. The zero-order valence-electron chi connectivity index (χ0n) is 18.3. The SMILES string of the molecule is Cc1cccc(C(=O)N2C[C@H]3C[C@@H](n4cc(C5CC5)nn4)[C@H](OCC4CC4)C[C@H]3C2)c1. The minimum Gasteiger partial charge on any atom is -0.376 e. The topological polar surface area (TPSA) is 60.2 Å². The van der Waals surface area contributed by atoms with Crippen molar-refractivity contribution in [3.05, 3.63) is 47.3 Å². The van der Waals surface area contributed by atoms with Crippen molar-refractivity contribution in [2.45, 2.75) is 63.5 Å². The number of rotatable bonds is 6. The maximum Gasteiger partial charge on any atom is 0.253 e. The molecule has 6 heteroatoms. The number of hydrogen-bond donors (Lipinski definition) is 0. The van der Waals surface area contributed by atoms with Gasteiger partial charge >= 0.3 is 0 Å². The average molecular weight is 421 g/mol. The summed E-state index contributed by atoms with van der Waals surface area (Å²) in [5.41, 5.74) is 3.08. The van der Waals surface area contributed by atoms with Crippen molar-refractivity contribution in [3.63, 3.8) is 0 Å². The second-order valence-electron chi connectivity index (χ2n) is 10.4. The number of aromatic nitrogens is 3. The average Bonchev–Trinajstić information content (AvgIpc) is 3.70. The van der Waals surface area contributed by atoms with Gasteiger partial charge in [-0.1, -0.05) is 22.9 Å². The summed E-state index contributed by atoms with van der Waals surface area (Å²) in [6.45, 7) is 4.60. The van der Waals surface area contributed by atoms with Crippen LogP contribution in [0, 0.1) is 24.7 Å². The molecule has 1 aromatic carbocycles. The fraction of sp³-hybridized carbons (Fsp3) is 0.640. The highest BCUT2D eigenvalue weighted by Gasteiger charge is 2.45. The van der Waals surface area contributed by atoms with E-state index in [-0.39, 0.29) is 18.1 Å². The Labute approximate surface area is 183 Å². The highest BCUT2D eigenvalue weighted by molar-refractivity contribution is 5.94. The molecule has 1 saturated heterocycles. The first kappa shape index (κ1) is 19.5. The van der Waals surface area contributed by atoms with E-state index >= 15 is 0 Å². The van der Waals surface area contributed by atoms with Crippen molar-refractivity contribution in [3.8, 4) is 0 Å². The number of fused-ring (bicyclic) bond motifs is 1. The molecule has 4 fully saturated rings. The quantitative estimate of drug-likeness (QED) is 0.709. The van der Waals surface area contributed by atoms with Crippen molar-refractivity contribution in [2.75, 3.05) is 19.7 Å². The van der Waals surface area contributed by atoms with Crippen molar-refractivity contribution >= 4 is 5.91 Å². The molecule has 2 aromatic rings. The van der Waals surface area contributed by atoms with Crippen LogP contribution < -0.4 is 0 Å². The molecule has 4 aliphatic rings. The molecule has 0 unspecified atom stereocenters. The minimum absolute atomic E-state index is 0.168. The summed E-state index contributed by atoms with van der Waals surface area (Å²) in [5, 5.41) is 8.99. The van der Waals surface area contributed by atoms with Crippen LogP contribution in [0.3, 0.4) is 0 Å². The largest absolute Gasteiger partial charge is 0.376 e. The third kappa shape index (κ3) is 4.02. The Kier molecular flexibility index (Phi) is 4.86. The Morgan fingerprint density at radius 1 is 1.13 bits per heavy atom. The lowest BCUT2D eigenvalue weighted by atomic mass is 9.77. The molecule has 1 aliphatic heterocycles. The Balaban J connectivity index is 1.19. The van der Waals surface area contributed by atoms with Gasteiger partial charge in [-0.15, -0.1) is 5.10 Å². The first-order valence-corrected chi connectivity index (χ1v) is 12.0. The summed E-state index contributed by atoms with van der Waals surface area (Å²) in [4.78, 5) is 15.2. The summed E-state index contributed by atoms with van der Waals surface area (Å²) < 4.78 is 8.56. The maximum atomic E-state index is 13.2. The predicted octanol–water partition coefficient (Wildman–Crippen LogP) is 3.98. The summed E-state index contributed by atoms with van der Waals surface area (Å²) in [5.74, 6) is 2.56. The van der Waals surface area contributed by atoms with Gasteiger partial charge in [0.1, 0.15) is 0 Å². The smallest absolute Gasteiger partial charge is 0.253 e. The Morgan fingerprint density at radius 2 is 1.94 bits per heavy atom. The standard InChI is InChI=1S/C25H32N4O2/c1-16-3-2-4-19(9-16)25(30)28-12-20-10-23(29-14-22(26-27-29)18-7-8-18)24(11-21(20)13-28)31-15-17-5-6-17/h2-4,9,14,17-18,20-21,23-24H,5-8,10-13,15H2,1H3/t20-,21+,23-,24-/m1/s1. The number of carbonyl (C=O) groups is 1. The van der Waals surface area contributed by atoms with Crippen molar-refractivity contribution < 1.29 is 9.53 Å².